The normalized spacial score (nSPS) is 24.9. The van der Waals surface area contributed by atoms with E-state index in [1.807, 2.05) is 31.2 Å². The van der Waals surface area contributed by atoms with Gasteiger partial charge in [-0.25, -0.2) is 4.79 Å². The van der Waals surface area contributed by atoms with Crippen LogP contribution in [0.15, 0.2) is 36.7 Å². The highest BCUT2D eigenvalue weighted by Crippen LogP contribution is 2.52. The molecule has 14 heteroatoms. The van der Waals surface area contributed by atoms with Crippen molar-refractivity contribution in [1.82, 2.24) is 19.9 Å². The highest BCUT2D eigenvalue weighted by atomic mass is 32.1. The van der Waals surface area contributed by atoms with E-state index in [-0.39, 0.29) is 24.9 Å². The number of anilines is 1. The standard InChI is InChI=1S/C35H45N5O8S/c1-21-28-29(41)39(35(12-13-35)32(42)48-34(2,3)4)33(43)38(31(28)49-30(21)40-36-14-15-37-40)20-27(47-24-18-22-10-11-23(19-24)46-22)25-8-6-7-9-26(25)45-17-16-44-5/h6-9,14-15,22-24,27,33,43H,10-13,16-20H2,1-5H3/t22-,23+,24?,27-,33?/m0/s1. The summed E-state index contributed by atoms with van der Waals surface area (Å²) < 4.78 is 30.4. The third-order valence-corrected chi connectivity index (χ3v) is 10.9. The van der Waals surface area contributed by atoms with Crippen molar-refractivity contribution in [1.29, 1.82) is 0 Å². The van der Waals surface area contributed by atoms with Crippen molar-refractivity contribution >= 4 is 28.2 Å². The van der Waals surface area contributed by atoms with Gasteiger partial charge in [-0.3, -0.25) is 9.69 Å². The lowest BCUT2D eigenvalue weighted by Crippen LogP contribution is -2.63. The summed E-state index contributed by atoms with van der Waals surface area (Å²) >= 11 is 1.32. The van der Waals surface area contributed by atoms with Gasteiger partial charge in [-0.05, 0) is 72.3 Å². The van der Waals surface area contributed by atoms with Crippen LogP contribution >= 0.6 is 11.3 Å². The number of thiophene rings is 1. The molecule has 1 amide bonds. The molecule has 264 valence electrons. The fraction of sp³-hybridized carbons (Fsp3) is 0.600. The van der Waals surface area contributed by atoms with Crippen molar-refractivity contribution < 1.29 is 38.4 Å². The zero-order valence-electron chi connectivity index (χ0n) is 28.7. The quantitative estimate of drug-likeness (QED) is 0.211. The Morgan fingerprint density at radius 3 is 2.45 bits per heavy atom. The van der Waals surface area contributed by atoms with Gasteiger partial charge in [0.15, 0.2) is 0 Å². The van der Waals surface area contributed by atoms with Gasteiger partial charge in [-0.1, -0.05) is 29.5 Å². The summed E-state index contributed by atoms with van der Waals surface area (Å²) in [6, 6.07) is 7.73. The molecule has 2 saturated heterocycles. The summed E-state index contributed by atoms with van der Waals surface area (Å²) in [6.07, 6.45) is 5.67. The maximum Gasteiger partial charge on any atom is 0.332 e. The summed E-state index contributed by atoms with van der Waals surface area (Å²) in [5.74, 6) is -0.313. The molecule has 1 N–H and O–H groups in total. The summed E-state index contributed by atoms with van der Waals surface area (Å²) in [4.78, 5) is 32.8. The minimum absolute atomic E-state index is 0.0761. The van der Waals surface area contributed by atoms with Crippen LogP contribution in [0.2, 0.25) is 0 Å². The van der Waals surface area contributed by atoms with Crippen molar-refractivity contribution in [2.75, 3.05) is 31.8 Å². The number of rotatable bonds is 12. The van der Waals surface area contributed by atoms with E-state index in [0.29, 0.717) is 52.9 Å². The zero-order chi connectivity index (χ0) is 34.5. The highest BCUT2D eigenvalue weighted by Gasteiger charge is 2.63. The molecule has 4 aliphatic rings. The average molecular weight is 696 g/mol. The molecule has 3 fully saturated rings. The van der Waals surface area contributed by atoms with Gasteiger partial charge in [-0.2, -0.15) is 10.2 Å². The largest absolute Gasteiger partial charge is 0.491 e. The maximum atomic E-state index is 14.5. The third kappa shape index (κ3) is 6.56. The number of esters is 1. The molecule has 1 aromatic carbocycles. The molecule has 0 radical (unpaired) electrons. The Morgan fingerprint density at radius 2 is 1.80 bits per heavy atom. The van der Waals surface area contributed by atoms with E-state index < -0.39 is 35.5 Å². The van der Waals surface area contributed by atoms with Crippen molar-refractivity contribution in [3.63, 3.8) is 0 Å². The van der Waals surface area contributed by atoms with E-state index >= 15 is 0 Å². The molecule has 7 rings (SSSR count). The number of hydrogen-bond acceptors (Lipinski definition) is 12. The first-order valence-electron chi connectivity index (χ1n) is 17.0. The van der Waals surface area contributed by atoms with E-state index in [9.17, 15) is 14.7 Å². The topological polar surface area (TPSA) is 138 Å². The number of methoxy groups -OCH3 is 1. The number of aliphatic hydroxyl groups excluding tert-OH is 1. The smallest absolute Gasteiger partial charge is 0.332 e. The number of nitrogens with zero attached hydrogens (tertiary/aromatic N) is 5. The Hall–Kier alpha value is -3.56. The lowest BCUT2D eigenvalue weighted by atomic mass is 10.0. The van der Waals surface area contributed by atoms with E-state index in [0.717, 1.165) is 31.2 Å². The number of para-hydroxylation sites is 1. The Balaban J connectivity index is 1.30. The average Bonchev–Trinajstić information content (AvgIpc) is 3.33. The van der Waals surface area contributed by atoms with Crippen LogP contribution in [-0.2, 0) is 23.7 Å². The molecule has 2 bridgehead atoms. The number of ether oxygens (including phenoxy) is 5. The Kier molecular flexibility index (Phi) is 9.20. The van der Waals surface area contributed by atoms with Gasteiger partial charge in [0.1, 0.15) is 39.6 Å². The predicted molar refractivity (Wildman–Crippen MR) is 180 cm³/mol. The van der Waals surface area contributed by atoms with Gasteiger partial charge in [0.05, 0.1) is 49.4 Å². The summed E-state index contributed by atoms with van der Waals surface area (Å²) in [7, 11) is 1.63. The molecule has 49 heavy (non-hydrogen) atoms. The number of aromatic nitrogens is 3. The summed E-state index contributed by atoms with van der Waals surface area (Å²) in [5.41, 5.74) is -0.206. The zero-order valence-corrected chi connectivity index (χ0v) is 29.5. The summed E-state index contributed by atoms with van der Waals surface area (Å²) in [6.45, 7) is 8.15. The molecular weight excluding hydrogens is 650 g/mol. The van der Waals surface area contributed by atoms with Gasteiger partial charge in [-0.15, -0.1) is 4.80 Å². The number of benzene rings is 1. The number of hydrogen-bond donors (Lipinski definition) is 1. The van der Waals surface area contributed by atoms with Gasteiger partial charge in [0.25, 0.3) is 5.91 Å². The van der Waals surface area contributed by atoms with E-state index in [1.54, 1.807) is 45.2 Å². The molecule has 0 spiro atoms. The molecule has 5 atom stereocenters. The predicted octanol–water partition coefficient (Wildman–Crippen LogP) is 4.54. The first kappa shape index (κ1) is 33.9. The fourth-order valence-corrected chi connectivity index (χ4v) is 8.45. The maximum absolute atomic E-state index is 14.5. The number of fused-ring (bicyclic) bond motifs is 3. The minimum atomic E-state index is -1.48. The van der Waals surface area contributed by atoms with E-state index in [1.165, 1.54) is 21.0 Å². The Morgan fingerprint density at radius 1 is 1.10 bits per heavy atom. The number of amides is 1. The van der Waals surface area contributed by atoms with E-state index in [2.05, 4.69) is 10.2 Å². The van der Waals surface area contributed by atoms with Gasteiger partial charge < -0.3 is 33.7 Å². The first-order chi connectivity index (χ1) is 23.5. The molecule has 2 unspecified atom stereocenters. The molecule has 13 nitrogen and oxygen atoms in total. The first-order valence-corrected chi connectivity index (χ1v) is 17.8. The van der Waals surface area contributed by atoms with Crippen molar-refractivity contribution in [3.8, 4) is 10.8 Å². The molecule has 5 heterocycles. The van der Waals surface area contributed by atoms with Crippen molar-refractivity contribution in [2.45, 2.75) is 108 Å². The second-order valence-corrected chi connectivity index (χ2v) is 15.3. The van der Waals surface area contributed by atoms with Gasteiger partial charge in [0.2, 0.25) is 6.35 Å². The summed E-state index contributed by atoms with van der Waals surface area (Å²) in [5, 5.41) is 22.2. The molecule has 3 aromatic rings. The second kappa shape index (κ2) is 13.3. The van der Waals surface area contributed by atoms with Crippen LogP contribution in [0.4, 0.5) is 5.00 Å². The van der Waals surface area contributed by atoms with E-state index in [4.69, 9.17) is 23.7 Å². The molecular formula is C35H45N5O8S. The monoisotopic (exact) mass is 695 g/mol. The van der Waals surface area contributed by atoms with Gasteiger partial charge >= 0.3 is 5.97 Å². The Labute approximate surface area is 290 Å². The second-order valence-electron chi connectivity index (χ2n) is 14.3. The molecule has 2 aromatic heterocycles. The van der Waals surface area contributed by atoms with Crippen LogP contribution in [0.5, 0.6) is 5.75 Å². The van der Waals surface area contributed by atoms with Crippen LogP contribution in [0.1, 0.15) is 86.9 Å². The number of aliphatic hydroxyl groups is 1. The lowest BCUT2D eigenvalue weighted by Gasteiger charge is -2.46. The number of carbonyl (C=O) groups is 2. The minimum Gasteiger partial charge on any atom is -0.491 e. The van der Waals surface area contributed by atoms with Crippen LogP contribution in [0.3, 0.4) is 0 Å². The van der Waals surface area contributed by atoms with Crippen LogP contribution in [0, 0.1) is 6.92 Å². The SMILES string of the molecule is COCCOc1ccccc1[C@H](CN1c2sc(-n3nccn3)c(C)c2C(=O)N(C2(C(=O)OC(C)(C)C)CC2)C1O)OC1C[C@H]2CC[C@@H](C1)O2. The van der Waals surface area contributed by atoms with Crippen LogP contribution < -0.4 is 9.64 Å². The molecule has 3 aliphatic heterocycles. The van der Waals surface area contributed by atoms with Crippen molar-refractivity contribution in [3.05, 3.63) is 53.3 Å². The van der Waals surface area contributed by atoms with Crippen LogP contribution in [-0.4, -0.2) is 99.5 Å². The third-order valence-electron chi connectivity index (χ3n) is 9.65. The molecule has 1 saturated carbocycles. The van der Waals surface area contributed by atoms with Crippen LogP contribution in [0.25, 0.3) is 5.00 Å². The fourth-order valence-electron chi connectivity index (χ4n) is 7.21. The Bertz CT molecular complexity index is 1660. The number of carbonyl (C=O) groups excluding carboxylic acids is 2. The highest BCUT2D eigenvalue weighted by molar-refractivity contribution is 7.19. The van der Waals surface area contributed by atoms with Crippen molar-refractivity contribution in [2.24, 2.45) is 0 Å². The molecule has 1 aliphatic carbocycles. The van der Waals surface area contributed by atoms with Gasteiger partial charge in [0, 0.05) is 18.2 Å². The lowest BCUT2D eigenvalue weighted by molar-refractivity contribution is -0.166.